The highest BCUT2D eigenvalue weighted by Gasteiger charge is 2.29. The lowest BCUT2D eigenvalue weighted by molar-refractivity contribution is -0.147. The van der Waals surface area contributed by atoms with Crippen LogP contribution in [0.4, 0.5) is 5.69 Å². The molecule has 2 rings (SSSR count). The molecule has 4 nitrogen and oxygen atoms in total. The van der Waals surface area contributed by atoms with Crippen LogP contribution in [0.25, 0.3) is 0 Å². The van der Waals surface area contributed by atoms with Crippen molar-refractivity contribution >= 4 is 29.3 Å². The summed E-state index contributed by atoms with van der Waals surface area (Å²) in [4.78, 5) is 23.5. The number of hydrogen-bond acceptors (Lipinski definition) is 4. The molecule has 0 bridgehead atoms. The summed E-state index contributed by atoms with van der Waals surface area (Å²) in [6, 6.07) is 7.75. The van der Waals surface area contributed by atoms with Gasteiger partial charge in [0.15, 0.2) is 0 Å². The third-order valence-corrected chi connectivity index (χ3v) is 4.89. The third-order valence-electron chi connectivity index (χ3n) is 3.44. The maximum atomic E-state index is 11.3. The van der Waals surface area contributed by atoms with Crippen LogP contribution in [-0.2, 0) is 14.3 Å². The van der Waals surface area contributed by atoms with E-state index in [-0.39, 0.29) is 23.2 Å². The van der Waals surface area contributed by atoms with E-state index in [9.17, 15) is 9.59 Å². The Hall–Kier alpha value is -1.49. The molecule has 1 fully saturated rings. The quantitative estimate of drug-likeness (QED) is 0.863. The van der Waals surface area contributed by atoms with E-state index in [1.165, 1.54) is 13.8 Å². The number of carbonyl (C=O) groups is 2. The number of amides is 1. The highest BCUT2D eigenvalue weighted by atomic mass is 32.2. The van der Waals surface area contributed by atoms with Crippen molar-refractivity contribution in [2.45, 2.75) is 55.8 Å². The first-order valence-corrected chi connectivity index (χ1v) is 8.14. The maximum Gasteiger partial charge on any atom is 0.302 e. The van der Waals surface area contributed by atoms with Crippen LogP contribution in [0.2, 0.25) is 0 Å². The minimum atomic E-state index is -0.220. The van der Waals surface area contributed by atoms with Crippen LogP contribution in [-0.4, -0.2) is 23.2 Å². The molecule has 0 heterocycles. The molecule has 1 amide bonds. The van der Waals surface area contributed by atoms with E-state index in [1.807, 2.05) is 24.3 Å². The van der Waals surface area contributed by atoms with Gasteiger partial charge in [-0.15, -0.1) is 11.8 Å². The number of thioether (sulfide) groups is 1. The van der Waals surface area contributed by atoms with E-state index in [2.05, 4.69) is 5.32 Å². The molecule has 1 N–H and O–H groups in total. The highest BCUT2D eigenvalue weighted by Crippen LogP contribution is 2.38. The van der Waals surface area contributed by atoms with Crippen LogP contribution < -0.4 is 5.32 Å². The highest BCUT2D eigenvalue weighted by molar-refractivity contribution is 8.00. The minimum absolute atomic E-state index is 0.0355. The van der Waals surface area contributed by atoms with Gasteiger partial charge in [0.25, 0.3) is 0 Å². The minimum Gasteiger partial charge on any atom is -0.461 e. The number of benzene rings is 1. The summed E-state index contributed by atoms with van der Waals surface area (Å²) in [5, 5.41) is 3.10. The van der Waals surface area contributed by atoms with Gasteiger partial charge in [-0.3, -0.25) is 9.59 Å². The molecule has 0 unspecified atom stereocenters. The first kappa shape index (κ1) is 15.9. The number of anilines is 1. The molecular formula is C16H21NO3S. The fourth-order valence-electron chi connectivity index (χ4n) is 2.57. The van der Waals surface area contributed by atoms with Gasteiger partial charge in [-0.1, -0.05) is 18.6 Å². The predicted octanol–water partition coefficient (Wildman–Crippen LogP) is 3.61. The Morgan fingerprint density at radius 3 is 2.62 bits per heavy atom. The second kappa shape index (κ2) is 7.50. The summed E-state index contributed by atoms with van der Waals surface area (Å²) >= 11 is 1.69. The van der Waals surface area contributed by atoms with Gasteiger partial charge >= 0.3 is 5.97 Å². The van der Waals surface area contributed by atoms with Crippen molar-refractivity contribution in [3.05, 3.63) is 24.3 Å². The zero-order valence-electron chi connectivity index (χ0n) is 12.4. The van der Waals surface area contributed by atoms with Crippen LogP contribution in [0.3, 0.4) is 0 Å². The molecule has 0 saturated heterocycles. The largest absolute Gasteiger partial charge is 0.461 e. The first-order chi connectivity index (χ1) is 10.1. The molecule has 5 heteroatoms. The molecule has 114 valence electrons. The fraction of sp³-hybridized carbons (Fsp3) is 0.500. The topological polar surface area (TPSA) is 55.4 Å². The van der Waals surface area contributed by atoms with Crippen molar-refractivity contribution in [3.63, 3.8) is 0 Å². The van der Waals surface area contributed by atoms with Gasteiger partial charge in [0, 0.05) is 24.0 Å². The lowest BCUT2D eigenvalue weighted by Gasteiger charge is -2.30. The molecule has 1 aliphatic carbocycles. The van der Waals surface area contributed by atoms with Gasteiger partial charge in [-0.25, -0.2) is 0 Å². The van der Waals surface area contributed by atoms with Crippen LogP contribution in [0.15, 0.2) is 29.2 Å². The summed E-state index contributed by atoms with van der Waals surface area (Å²) in [5.74, 6) is -0.300. The van der Waals surface area contributed by atoms with E-state index in [1.54, 1.807) is 11.8 Å². The Bertz CT molecular complexity index is 518. The molecule has 2 atom stereocenters. The van der Waals surface area contributed by atoms with Crippen molar-refractivity contribution < 1.29 is 14.3 Å². The van der Waals surface area contributed by atoms with Gasteiger partial charge in [-0.2, -0.15) is 0 Å². The molecule has 0 spiro atoms. The van der Waals surface area contributed by atoms with E-state index in [0.29, 0.717) is 0 Å². The summed E-state index contributed by atoms with van der Waals surface area (Å²) in [6.45, 7) is 2.96. The second-order valence-electron chi connectivity index (χ2n) is 5.27. The number of para-hydroxylation sites is 1. The van der Waals surface area contributed by atoms with Crippen molar-refractivity contribution in [3.8, 4) is 0 Å². The maximum absolute atomic E-state index is 11.3. The molecular weight excluding hydrogens is 286 g/mol. The molecule has 0 aromatic heterocycles. The zero-order chi connectivity index (χ0) is 15.2. The van der Waals surface area contributed by atoms with E-state index in [0.717, 1.165) is 36.3 Å². The Kier molecular flexibility index (Phi) is 5.67. The van der Waals surface area contributed by atoms with Crippen LogP contribution >= 0.6 is 11.8 Å². The Morgan fingerprint density at radius 1 is 1.19 bits per heavy atom. The predicted molar refractivity (Wildman–Crippen MR) is 84.4 cm³/mol. The monoisotopic (exact) mass is 307 g/mol. The van der Waals surface area contributed by atoms with Crippen molar-refractivity contribution in [1.82, 2.24) is 0 Å². The van der Waals surface area contributed by atoms with Crippen molar-refractivity contribution in [1.29, 1.82) is 0 Å². The number of rotatable bonds is 4. The molecule has 1 aliphatic rings. The number of hydrogen-bond donors (Lipinski definition) is 1. The zero-order valence-corrected chi connectivity index (χ0v) is 13.2. The number of nitrogens with one attached hydrogen (secondary N) is 1. The lowest BCUT2D eigenvalue weighted by atomic mass is 9.97. The van der Waals surface area contributed by atoms with Gasteiger partial charge in [0.05, 0.1) is 5.69 Å². The average Bonchev–Trinajstić information content (AvgIpc) is 2.42. The second-order valence-corrected chi connectivity index (χ2v) is 6.55. The van der Waals surface area contributed by atoms with E-state index < -0.39 is 0 Å². The Balaban J connectivity index is 2.11. The average molecular weight is 307 g/mol. The van der Waals surface area contributed by atoms with Crippen LogP contribution in [0, 0.1) is 0 Å². The molecule has 21 heavy (non-hydrogen) atoms. The molecule has 1 aromatic carbocycles. The summed E-state index contributed by atoms with van der Waals surface area (Å²) < 4.78 is 5.45. The van der Waals surface area contributed by atoms with E-state index in [4.69, 9.17) is 4.74 Å². The Morgan fingerprint density at radius 2 is 1.90 bits per heavy atom. The normalized spacial score (nSPS) is 21.6. The Labute approximate surface area is 129 Å². The SMILES string of the molecule is CC(=O)Nc1ccccc1S[C@@H]1CCCC[C@H]1OC(C)=O. The van der Waals surface area contributed by atoms with Gasteiger partial charge in [0.2, 0.25) is 5.91 Å². The smallest absolute Gasteiger partial charge is 0.302 e. The first-order valence-electron chi connectivity index (χ1n) is 7.27. The molecule has 1 aromatic rings. The number of carbonyl (C=O) groups excluding carboxylic acids is 2. The lowest BCUT2D eigenvalue weighted by Crippen LogP contribution is -2.31. The number of ether oxygens (including phenoxy) is 1. The summed E-state index contributed by atoms with van der Waals surface area (Å²) in [7, 11) is 0. The molecule has 1 saturated carbocycles. The fourth-order valence-corrected chi connectivity index (χ4v) is 3.93. The van der Waals surface area contributed by atoms with Crippen molar-refractivity contribution in [2.75, 3.05) is 5.32 Å². The number of esters is 1. The van der Waals surface area contributed by atoms with Crippen molar-refractivity contribution in [2.24, 2.45) is 0 Å². The summed E-state index contributed by atoms with van der Waals surface area (Å²) in [6.07, 6.45) is 4.16. The summed E-state index contributed by atoms with van der Waals surface area (Å²) in [5.41, 5.74) is 0.821. The molecule has 0 aliphatic heterocycles. The van der Waals surface area contributed by atoms with Crippen LogP contribution in [0.5, 0.6) is 0 Å². The van der Waals surface area contributed by atoms with Gasteiger partial charge in [-0.05, 0) is 31.4 Å². The third kappa shape index (κ3) is 4.77. The molecule has 0 radical (unpaired) electrons. The van der Waals surface area contributed by atoms with E-state index >= 15 is 0 Å². The standard InChI is InChI=1S/C16H21NO3S/c1-11(18)17-13-7-3-5-9-15(13)21-16-10-6-4-8-14(16)20-12(2)19/h3,5,7,9,14,16H,4,6,8,10H2,1-2H3,(H,17,18)/t14-,16-/m1/s1. The van der Waals surface area contributed by atoms with Gasteiger partial charge < -0.3 is 10.1 Å². The van der Waals surface area contributed by atoms with Crippen LogP contribution in [0.1, 0.15) is 39.5 Å². The van der Waals surface area contributed by atoms with Gasteiger partial charge in [0.1, 0.15) is 6.10 Å².